The van der Waals surface area contributed by atoms with Crippen LogP contribution in [0.3, 0.4) is 0 Å². The van der Waals surface area contributed by atoms with E-state index in [2.05, 4.69) is 24.1 Å². The lowest BCUT2D eigenvalue weighted by atomic mass is 10.2. The van der Waals surface area contributed by atoms with Crippen LogP contribution in [0.15, 0.2) is 18.2 Å². The summed E-state index contributed by atoms with van der Waals surface area (Å²) in [6.45, 7) is 8.71. The van der Waals surface area contributed by atoms with Gasteiger partial charge in [-0.25, -0.2) is 0 Å². The Morgan fingerprint density at radius 1 is 1.19 bits per heavy atom. The van der Waals surface area contributed by atoms with Crippen LogP contribution in [0.2, 0.25) is 0 Å². The highest BCUT2D eigenvalue weighted by atomic mass is 16.5. The molecule has 0 amide bonds. The lowest BCUT2D eigenvalue weighted by Gasteiger charge is -2.22. The minimum atomic E-state index is -0.388. The van der Waals surface area contributed by atoms with Crippen LogP contribution in [0.25, 0.3) is 0 Å². The van der Waals surface area contributed by atoms with Gasteiger partial charge in [-0.15, -0.1) is 0 Å². The van der Waals surface area contributed by atoms with E-state index in [1.165, 1.54) is 0 Å². The van der Waals surface area contributed by atoms with Crippen LogP contribution in [0.5, 0.6) is 11.5 Å². The molecule has 0 bridgehead atoms. The van der Waals surface area contributed by atoms with Crippen LogP contribution in [0, 0.1) is 0 Å². The fourth-order valence-electron chi connectivity index (χ4n) is 2.35. The van der Waals surface area contributed by atoms with E-state index in [1.54, 1.807) is 0 Å². The second-order valence-electron chi connectivity index (χ2n) is 5.23. The molecule has 0 saturated heterocycles. The van der Waals surface area contributed by atoms with Crippen molar-refractivity contribution < 1.29 is 14.6 Å². The van der Waals surface area contributed by atoms with E-state index >= 15 is 0 Å². The van der Waals surface area contributed by atoms with Crippen LogP contribution in [0.4, 0.5) is 5.69 Å². The molecule has 1 aromatic carbocycles. The second kappa shape index (κ2) is 8.10. The number of anilines is 1. The molecule has 0 spiro atoms. The monoisotopic (exact) mass is 294 g/mol. The topological polar surface area (TPSA) is 54.0 Å². The largest absolute Gasteiger partial charge is 0.490 e. The van der Waals surface area contributed by atoms with Gasteiger partial charge >= 0.3 is 0 Å². The van der Waals surface area contributed by atoms with Gasteiger partial charge in [0, 0.05) is 31.3 Å². The minimum absolute atomic E-state index is 0.388. The van der Waals surface area contributed by atoms with Crippen LogP contribution < -0.4 is 14.8 Å². The number of rotatable bonds is 7. The number of aliphatic hydroxyl groups is 1. The van der Waals surface area contributed by atoms with Crippen molar-refractivity contribution in [1.82, 2.24) is 4.90 Å². The third kappa shape index (κ3) is 4.79. The Morgan fingerprint density at radius 2 is 1.90 bits per heavy atom. The summed E-state index contributed by atoms with van der Waals surface area (Å²) < 4.78 is 11.3. The number of ether oxygens (including phenoxy) is 2. The number of likely N-dealkylation sites (N-methyl/N-ethyl adjacent to an activating group) is 1. The van der Waals surface area contributed by atoms with Gasteiger partial charge in [-0.3, -0.25) is 0 Å². The summed E-state index contributed by atoms with van der Waals surface area (Å²) in [4.78, 5) is 2.21. The first kappa shape index (κ1) is 15.9. The summed E-state index contributed by atoms with van der Waals surface area (Å²) in [6, 6.07) is 5.81. The lowest BCUT2D eigenvalue weighted by Crippen LogP contribution is -2.35. The number of fused-ring (bicyclic) bond motifs is 1. The first-order valence-corrected chi connectivity index (χ1v) is 7.76. The van der Waals surface area contributed by atoms with Crippen molar-refractivity contribution in [2.45, 2.75) is 26.4 Å². The van der Waals surface area contributed by atoms with E-state index in [4.69, 9.17) is 9.47 Å². The number of aliphatic hydroxyl groups excluding tert-OH is 1. The van der Waals surface area contributed by atoms with E-state index in [0.29, 0.717) is 26.3 Å². The number of hydrogen-bond donors (Lipinski definition) is 2. The minimum Gasteiger partial charge on any atom is -0.490 e. The highest BCUT2D eigenvalue weighted by Crippen LogP contribution is 2.32. The maximum atomic E-state index is 10.1. The Morgan fingerprint density at radius 3 is 2.62 bits per heavy atom. The van der Waals surface area contributed by atoms with Crippen LogP contribution in [-0.2, 0) is 0 Å². The zero-order chi connectivity index (χ0) is 15.1. The van der Waals surface area contributed by atoms with Crippen molar-refractivity contribution in [3.63, 3.8) is 0 Å². The van der Waals surface area contributed by atoms with E-state index < -0.39 is 0 Å². The maximum absolute atomic E-state index is 10.1. The van der Waals surface area contributed by atoms with Crippen molar-refractivity contribution in [2.75, 3.05) is 44.7 Å². The van der Waals surface area contributed by atoms with Gasteiger partial charge in [0.1, 0.15) is 0 Å². The Labute approximate surface area is 126 Å². The molecule has 0 aliphatic carbocycles. The fraction of sp³-hybridized carbons (Fsp3) is 0.625. The number of benzene rings is 1. The van der Waals surface area contributed by atoms with Gasteiger partial charge in [-0.05, 0) is 25.2 Å². The number of nitrogens with one attached hydrogen (secondary N) is 1. The molecule has 118 valence electrons. The van der Waals surface area contributed by atoms with E-state index in [-0.39, 0.29) is 6.10 Å². The fourth-order valence-corrected chi connectivity index (χ4v) is 2.35. The van der Waals surface area contributed by atoms with Crippen molar-refractivity contribution in [2.24, 2.45) is 0 Å². The average Bonchev–Trinajstić information content (AvgIpc) is 2.75. The molecule has 0 radical (unpaired) electrons. The van der Waals surface area contributed by atoms with Gasteiger partial charge in [0.15, 0.2) is 11.5 Å². The molecule has 21 heavy (non-hydrogen) atoms. The molecule has 0 aromatic heterocycles. The SMILES string of the molecule is CCN(CC)CC(O)CNc1ccc2c(c1)OCCCO2. The van der Waals surface area contributed by atoms with E-state index in [9.17, 15) is 5.11 Å². The smallest absolute Gasteiger partial charge is 0.163 e. The summed E-state index contributed by atoms with van der Waals surface area (Å²) in [6.07, 6.45) is 0.515. The maximum Gasteiger partial charge on any atom is 0.163 e. The predicted octanol–water partition coefficient (Wildman–Crippen LogP) is 1.96. The first-order valence-electron chi connectivity index (χ1n) is 7.76. The molecule has 1 heterocycles. The molecule has 2 N–H and O–H groups in total. The van der Waals surface area contributed by atoms with Gasteiger partial charge in [0.2, 0.25) is 0 Å². The Hall–Kier alpha value is -1.46. The Bertz CT molecular complexity index is 436. The molecular weight excluding hydrogens is 268 g/mol. The van der Waals surface area contributed by atoms with Crippen molar-refractivity contribution in [1.29, 1.82) is 0 Å². The summed E-state index contributed by atoms with van der Waals surface area (Å²) in [5.74, 6) is 1.57. The summed E-state index contributed by atoms with van der Waals surface area (Å²) in [5.41, 5.74) is 0.942. The normalized spacial score (nSPS) is 15.6. The molecule has 0 fully saturated rings. The van der Waals surface area contributed by atoms with Gasteiger partial charge < -0.3 is 24.8 Å². The van der Waals surface area contributed by atoms with E-state index in [0.717, 1.165) is 36.7 Å². The summed E-state index contributed by atoms with van der Waals surface area (Å²) >= 11 is 0. The van der Waals surface area contributed by atoms with Crippen molar-refractivity contribution in [3.8, 4) is 11.5 Å². The third-order valence-corrected chi connectivity index (χ3v) is 3.65. The lowest BCUT2D eigenvalue weighted by molar-refractivity contribution is 0.128. The quantitative estimate of drug-likeness (QED) is 0.805. The van der Waals surface area contributed by atoms with Crippen molar-refractivity contribution in [3.05, 3.63) is 18.2 Å². The van der Waals surface area contributed by atoms with Crippen LogP contribution >= 0.6 is 0 Å². The molecule has 1 aliphatic rings. The summed E-state index contributed by atoms with van der Waals surface area (Å²) in [7, 11) is 0. The molecule has 1 unspecified atom stereocenters. The molecule has 1 atom stereocenters. The van der Waals surface area contributed by atoms with Crippen LogP contribution in [-0.4, -0.2) is 55.5 Å². The standard InChI is InChI=1S/C16H26N2O3/c1-3-18(4-2)12-14(19)11-17-13-6-7-15-16(10-13)21-9-5-8-20-15/h6-7,10,14,17,19H,3-5,8-9,11-12H2,1-2H3. The zero-order valence-corrected chi connectivity index (χ0v) is 13.0. The molecule has 1 aromatic rings. The van der Waals surface area contributed by atoms with Gasteiger partial charge in [0.05, 0.1) is 19.3 Å². The second-order valence-corrected chi connectivity index (χ2v) is 5.23. The van der Waals surface area contributed by atoms with Gasteiger partial charge in [0.25, 0.3) is 0 Å². The Balaban J connectivity index is 1.87. The molecule has 2 rings (SSSR count). The molecule has 5 nitrogen and oxygen atoms in total. The first-order chi connectivity index (χ1) is 10.2. The number of nitrogens with zero attached hydrogens (tertiary/aromatic N) is 1. The summed E-state index contributed by atoms with van der Waals surface area (Å²) in [5, 5.41) is 13.3. The highest BCUT2D eigenvalue weighted by Gasteiger charge is 2.12. The molecule has 1 aliphatic heterocycles. The van der Waals surface area contributed by atoms with Gasteiger partial charge in [-0.2, -0.15) is 0 Å². The van der Waals surface area contributed by atoms with E-state index in [1.807, 2.05) is 18.2 Å². The zero-order valence-electron chi connectivity index (χ0n) is 13.0. The predicted molar refractivity (Wildman–Crippen MR) is 84.3 cm³/mol. The number of hydrogen-bond acceptors (Lipinski definition) is 5. The van der Waals surface area contributed by atoms with Crippen molar-refractivity contribution >= 4 is 5.69 Å². The Kier molecular flexibility index (Phi) is 6.14. The molecular formula is C16H26N2O3. The van der Waals surface area contributed by atoms with Crippen LogP contribution in [0.1, 0.15) is 20.3 Å². The molecule has 0 saturated carbocycles. The van der Waals surface area contributed by atoms with Gasteiger partial charge in [-0.1, -0.05) is 13.8 Å². The molecule has 5 heteroatoms. The third-order valence-electron chi connectivity index (χ3n) is 3.65. The average molecular weight is 294 g/mol. The highest BCUT2D eigenvalue weighted by molar-refractivity contribution is 5.55.